The predicted molar refractivity (Wildman–Crippen MR) is 89.6 cm³/mol. The Morgan fingerprint density at radius 2 is 2.09 bits per heavy atom. The predicted octanol–water partition coefficient (Wildman–Crippen LogP) is 3.27. The molecule has 1 atom stereocenters. The van der Waals surface area contributed by atoms with Gasteiger partial charge in [0.2, 0.25) is 0 Å². The summed E-state index contributed by atoms with van der Waals surface area (Å²) in [5, 5.41) is 4.89. The molecule has 0 saturated carbocycles. The molecule has 1 aromatic heterocycles. The zero-order chi connectivity index (χ0) is 16.2. The van der Waals surface area contributed by atoms with Gasteiger partial charge in [-0.1, -0.05) is 12.1 Å². The molecule has 4 nitrogen and oxygen atoms in total. The summed E-state index contributed by atoms with van der Waals surface area (Å²) in [7, 11) is 1.36. The third-order valence-electron chi connectivity index (χ3n) is 4.15. The highest BCUT2D eigenvalue weighted by molar-refractivity contribution is 7.10. The maximum Gasteiger partial charge on any atom is 0.307 e. The van der Waals surface area contributed by atoms with Gasteiger partial charge >= 0.3 is 5.97 Å². The number of esters is 1. The molecular weight excluding hydrogens is 310 g/mol. The first-order valence-corrected chi connectivity index (χ1v) is 8.58. The number of ether oxygens (including phenoxy) is 1. The molecule has 1 aromatic carbocycles. The molecule has 23 heavy (non-hydrogen) atoms. The van der Waals surface area contributed by atoms with Gasteiger partial charge in [0.05, 0.1) is 19.6 Å². The molecule has 0 bridgehead atoms. The first kappa shape index (κ1) is 15.7. The SMILES string of the molecule is COC(=O)CC(NC(=O)c1ccc2c(c1)CCC2)c1cccs1. The first-order valence-electron chi connectivity index (χ1n) is 7.70. The summed E-state index contributed by atoms with van der Waals surface area (Å²) < 4.78 is 4.74. The number of hydrogen-bond donors (Lipinski definition) is 1. The van der Waals surface area contributed by atoms with Gasteiger partial charge in [0.15, 0.2) is 0 Å². The number of fused-ring (bicyclic) bond motifs is 1. The lowest BCUT2D eigenvalue weighted by Gasteiger charge is -2.17. The van der Waals surface area contributed by atoms with E-state index in [4.69, 9.17) is 4.74 Å². The highest BCUT2D eigenvalue weighted by atomic mass is 32.1. The van der Waals surface area contributed by atoms with Crippen LogP contribution in [-0.4, -0.2) is 19.0 Å². The fourth-order valence-electron chi connectivity index (χ4n) is 2.92. The molecule has 1 aliphatic rings. The van der Waals surface area contributed by atoms with Gasteiger partial charge in [-0.15, -0.1) is 11.3 Å². The molecule has 120 valence electrons. The molecule has 1 unspecified atom stereocenters. The molecule has 0 aliphatic heterocycles. The van der Waals surface area contributed by atoms with E-state index in [0.717, 1.165) is 24.1 Å². The third-order valence-corrected chi connectivity index (χ3v) is 5.14. The fourth-order valence-corrected chi connectivity index (χ4v) is 3.69. The summed E-state index contributed by atoms with van der Waals surface area (Å²) in [4.78, 5) is 25.1. The number of aryl methyl sites for hydroxylation is 2. The van der Waals surface area contributed by atoms with Crippen LogP contribution < -0.4 is 5.32 Å². The molecule has 0 saturated heterocycles. The Morgan fingerprint density at radius 1 is 1.26 bits per heavy atom. The minimum atomic E-state index is -0.358. The van der Waals surface area contributed by atoms with Crippen LogP contribution in [-0.2, 0) is 22.4 Å². The molecule has 0 radical (unpaired) electrons. The highest BCUT2D eigenvalue weighted by Gasteiger charge is 2.21. The van der Waals surface area contributed by atoms with Gasteiger partial charge in [0.25, 0.3) is 5.91 Å². The van der Waals surface area contributed by atoms with Crippen LogP contribution in [0.3, 0.4) is 0 Å². The minimum absolute atomic E-state index is 0.133. The number of thiophene rings is 1. The van der Waals surface area contributed by atoms with Crippen molar-refractivity contribution in [2.45, 2.75) is 31.7 Å². The van der Waals surface area contributed by atoms with E-state index in [2.05, 4.69) is 5.32 Å². The van der Waals surface area contributed by atoms with Crippen LogP contribution in [0.25, 0.3) is 0 Å². The van der Waals surface area contributed by atoms with Gasteiger partial charge in [-0.2, -0.15) is 0 Å². The van der Waals surface area contributed by atoms with Crippen LogP contribution >= 0.6 is 11.3 Å². The van der Waals surface area contributed by atoms with Gasteiger partial charge in [-0.05, 0) is 54.0 Å². The number of benzene rings is 1. The lowest BCUT2D eigenvalue weighted by Crippen LogP contribution is -2.30. The molecular formula is C18H19NO3S. The number of hydrogen-bond acceptors (Lipinski definition) is 4. The summed E-state index contributed by atoms with van der Waals surface area (Å²) in [6.45, 7) is 0. The average Bonchev–Trinajstić information content (AvgIpc) is 3.24. The Balaban J connectivity index is 1.76. The van der Waals surface area contributed by atoms with Crippen molar-refractivity contribution in [3.05, 3.63) is 57.3 Å². The Kier molecular flexibility index (Phi) is 4.76. The van der Waals surface area contributed by atoms with Gasteiger partial charge in [-0.3, -0.25) is 9.59 Å². The van der Waals surface area contributed by atoms with Crippen LogP contribution in [0.15, 0.2) is 35.7 Å². The quantitative estimate of drug-likeness (QED) is 0.857. The van der Waals surface area contributed by atoms with E-state index < -0.39 is 0 Å². The van der Waals surface area contributed by atoms with Gasteiger partial charge in [0, 0.05) is 10.4 Å². The molecule has 3 rings (SSSR count). The first-order chi connectivity index (χ1) is 11.2. The lowest BCUT2D eigenvalue weighted by atomic mass is 10.1. The maximum absolute atomic E-state index is 12.6. The molecule has 1 heterocycles. The van der Waals surface area contributed by atoms with Crippen LogP contribution in [0.5, 0.6) is 0 Å². The number of carbonyl (C=O) groups is 2. The Bertz CT molecular complexity index is 709. The molecule has 2 aromatic rings. The largest absolute Gasteiger partial charge is 0.469 e. The van der Waals surface area contributed by atoms with E-state index in [0.29, 0.717) is 5.56 Å². The Morgan fingerprint density at radius 3 is 2.83 bits per heavy atom. The van der Waals surface area contributed by atoms with Crippen LogP contribution in [0.4, 0.5) is 0 Å². The summed E-state index contributed by atoms with van der Waals surface area (Å²) in [5.74, 6) is -0.486. The standard InChI is InChI=1S/C18H19NO3S/c1-22-17(20)11-15(16-6-3-9-23-16)19-18(21)14-8-7-12-4-2-5-13(12)10-14/h3,6-10,15H,2,4-5,11H2,1H3,(H,19,21). The summed E-state index contributed by atoms with van der Waals surface area (Å²) in [6.07, 6.45) is 3.42. The molecule has 0 fully saturated rings. The van der Waals surface area contributed by atoms with E-state index in [1.807, 2.05) is 35.7 Å². The van der Waals surface area contributed by atoms with E-state index in [1.54, 1.807) is 0 Å². The maximum atomic E-state index is 12.6. The topological polar surface area (TPSA) is 55.4 Å². The van der Waals surface area contributed by atoms with Crippen molar-refractivity contribution in [3.63, 3.8) is 0 Å². The number of carbonyl (C=O) groups excluding carboxylic acids is 2. The smallest absolute Gasteiger partial charge is 0.307 e. The van der Waals surface area contributed by atoms with E-state index in [1.165, 1.54) is 29.6 Å². The van der Waals surface area contributed by atoms with Crippen molar-refractivity contribution in [3.8, 4) is 0 Å². The lowest BCUT2D eigenvalue weighted by molar-refractivity contribution is -0.141. The van der Waals surface area contributed by atoms with Crippen LogP contribution in [0.2, 0.25) is 0 Å². The Labute approximate surface area is 139 Å². The monoisotopic (exact) mass is 329 g/mol. The van der Waals surface area contributed by atoms with Crippen molar-refractivity contribution in [1.82, 2.24) is 5.32 Å². The number of amides is 1. The summed E-state index contributed by atoms with van der Waals surface area (Å²) in [6, 6.07) is 9.35. The van der Waals surface area contributed by atoms with E-state index in [-0.39, 0.29) is 24.3 Å². The average molecular weight is 329 g/mol. The van der Waals surface area contributed by atoms with Crippen LogP contribution in [0.1, 0.15) is 45.2 Å². The van der Waals surface area contributed by atoms with E-state index >= 15 is 0 Å². The molecule has 0 spiro atoms. The van der Waals surface area contributed by atoms with Crippen molar-refractivity contribution in [1.29, 1.82) is 0 Å². The van der Waals surface area contributed by atoms with Gasteiger partial charge in [0.1, 0.15) is 0 Å². The van der Waals surface area contributed by atoms with Crippen molar-refractivity contribution < 1.29 is 14.3 Å². The van der Waals surface area contributed by atoms with Gasteiger partial charge in [-0.25, -0.2) is 0 Å². The van der Waals surface area contributed by atoms with Crippen molar-refractivity contribution >= 4 is 23.2 Å². The second-order valence-corrected chi connectivity index (χ2v) is 6.64. The van der Waals surface area contributed by atoms with Crippen molar-refractivity contribution in [2.24, 2.45) is 0 Å². The highest BCUT2D eigenvalue weighted by Crippen LogP contribution is 2.25. The molecule has 1 amide bonds. The van der Waals surface area contributed by atoms with Crippen LogP contribution in [0, 0.1) is 0 Å². The molecule has 5 heteroatoms. The number of methoxy groups -OCH3 is 1. The fraction of sp³-hybridized carbons (Fsp3) is 0.333. The number of nitrogens with one attached hydrogen (secondary N) is 1. The zero-order valence-corrected chi connectivity index (χ0v) is 13.8. The second-order valence-electron chi connectivity index (χ2n) is 5.66. The molecule has 1 N–H and O–H groups in total. The molecule has 1 aliphatic carbocycles. The summed E-state index contributed by atoms with van der Waals surface area (Å²) in [5.41, 5.74) is 3.25. The van der Waals surface area contributed by atoms with E-state index in [9.17, 15) is 9.59 Å². The third kappa shape index (κ3) is 3.62. The zero-order valence-electron chi connectivity index (χ0n) is 13.0. The van der Waals surface area contributed by atoms with Gasteiger partial charge < -0.3 is 10.1 Å². The normalized spacial score (nSPS) is 14.1. The summed E-state index contributed by atoms with van der Waals surface area (Å²) >= 11 is 1.52. The van der Waals surface area contributed by atoms with Crippen molar-refractivity contribution in [2.75, 3.05) is 7.11 Å². The Hall–Kier alpha value is -2.14. The second kappa shape index (κ2) is 6.96. The number of rotatable bonds is 5. The minimum Gasteiger partial charge on any atom is -0.469 e.